The van der Waals surface area contributed by atoms with E-state index in [1.165, 1.54) is 12.1 Å². The minimum absolute atomic E-state index is 0.0285. The normalized spacial score (nSPS) is 21.3. The molecule has 1 aromatic heterocycles. The molecule has 0 spiro atoms. The second-order valence-electron chi connectivity index (χ2n) is 5.06. The quantitative estimate of drug-likeness (QED) is 0.942. The summed E-state index contributed by atoms with van der Waals surface area (Å²) in [5.74, 6) is -0.291. The topological polar surface area (TPSA) is 45.6 Å². The Kier molecular flexibility index (Phi) is 4.60. The van der Waals surface area contributed by atoms with Crippen molar-refractivity contribution in [3.63, 3.8) is 0 Å². The summed E-state index contributed by atoms with van der Waals surface area (Å²) in [6, 6.07) is 5.99. The third-order valence-corrected chi connectivity index (χ3v) is 4.43. The number of nitrogens with zero attached hydrogens (tertiary/aromatic N) is 2. The van der Waals surface area contributed by atoms with Crippen molar-refractivity contribution in [1.29, 1.82) is 0 Å². The summed E-state index contributed by atoms with van der Waals surface area (Å²) in [6.07, 6.45) is 1.12. The summed E-state index contributed by atoms with van der Waals surface area (Å²) in [7, 11) is 0. The molecular formula is C15H17FN2O2S. The van der Waals surface area contributed by atoms with E-state index in [0.717, 1.165) is 17.1 Å². The van der Waals surface area contributed by atoms with Crippen molar-refractivity contribution in [2.45, 2.75) is 12.2 Å². The first kappa shape index (κ1) is 14.6. The fraction of sp³-hybridized carbons (Fsp3) is 0.400. The second kappa shape index (κ2) is 6.62. The van der Waals surface area contributed by atoms with Gasteiger partial charge in [-0.25, -0.2) is 9.37 Å². The van der Waals surface area contributed by atoms with Crippen molar-refractivity contribution in [1.82, 2.24) is 9.88 Å². The molecule has 1 N–H and O–H groups in total. The molecule has 4 nitrogen and oxygen atoms in total. The number of benzene rings is 1. The molecule has 0 bridgehead atoms. The van der Waals surface area contributed by atoms with Gasteiger partial charge in [-0.3, -0.25) is 4.90 Å². The fourth-order valence-corrected chi connectivity index (χ4v) is 3.12. The third-order valence-electron chi connectivity index (χ3n) is 3.56. The molecule has 1 aromatic carbocycles. The van der Waals surface area contributed by atoms with Crippen LogP contribution in [0.15, 0.2) is 35.8 Å². The smallest absolute Gasteiger partial charge is 0.123 e. The fourth-order valence-electron chi connectivity index (χ4n) is 2.45. The molecule has 112 valence electrons. The molecule has 2 aromatic rings. The Labute approximate surface area is 126 Å². The van der Waals surface area contributed by atoms with Crippen LogP contribution in [-0.2, 0) is 4.74 Å². The van der Waals surface area contributed by atoms with Gasteiger partial charge >= 0.3 is 0 Å². The van der Waals surface area contributed by atoms with Crippen molar-refractivity contribution in [2.24, 2.45) is 0 Å². The maximum absolute atomic E-state index is 12.9. The van der Waals surface area contributed by atoms with E-state index in [4.69, 9.17) is 4.74 Å². The van der Waals surface area contributed by atoms with Crippen molar-refractivity contribution in [3.8, 4) is 0 Å². The number of thiazole rings is 1. The minimum Gasteiger partial charge on any atom is -0.387 e. The van der Waals surface area contributed by atoms with Gasteiger partial charge in [0.25, 0.3) is 0 Å². The van der Waals surface area contributed by atoms with Gasteiger partial charge in [0.2, 0.25) is 0 Å². The summed E-state index contributed by atoms with van der Waals surface area (Å²) < 4.78 is 18.6. The highest BCUT2D eigenvalue weighted by Gasteiger charge is 2.25. The van der Waals surface area contributed by atoms with Gasteiger partial charge in [0, 0.05) is 31.2 Å². The molecule has 0 amide bonds. The first-order chi connectivity index (χ1) is 10.2. The van der Waals surface area contributed by atoms with E-state index >= 15 is 0 Å². The number of hydrogen-bond donors (Lipinski definition) is 1. The summed E-state index contributed by atoms with van der Waals surface area (Å²) in [6.45, 7) is 2.63. The number of morpholine rings is 1. The number of halogens is 1. The highest BCUT2D eigenvalue weighted by Crippen LogP contribution is 2.25. The molecule has 0 aliphatic carbocycles. The van der Waals surface area contributed by atoms with E-state index in [2.05, 4.69) is 9.88 Å². The molecule has 2 heterocycles. The average molecular weight is 308 g/mol. The van der Waals surface area contributed by atoms with Crippen LogP contribution in [0.3, 0.4) is 0 Å². The zero-order valence-corrected chi connectivity index (χ0v) is 12.3. The van der Waals surface area contributed by atoms with Crippen molar-refractivity contribution >= 4 is 11.3 Å². The second-order valence-corrected chi connectivity index (χ2v) is 5.98. The van der Waals surface area contributed by atoms with Crippen LogP contribution in [0.25, 0.3) is 0 Å². The number of β-amino-alcohol motifs (C(OH)–C–C–N with tert-alkyl or cyclic N) is 1. The number of aliphatic hydroxyl groups is 1. The van der Waals surface area contributed by atoms with Crippen LogP contribution in [0.5, 0.6) is 0 Å². The van der Waals surface area contributed by atoms with Crippen molar-refractivity contribution in [2.75, 3.05) is 26.2 Å². The van der Waals surface area contributed by atoms with Gasteiger partial charge in [-0.2, -0.15) is 0 Å². The van der Waals surface area contributed by atoms with Crippen LogP contribution in [0.1, 0.15) is 22.8 Å². The third kappa shape index (κ3) is 3.65. The van der Waals surface area contributed by atoms with Crippen molar-refractivity contribution in [3.05, 3.63) is 52.2 Å². The Morgan fingerprint density at radius 2 is 2.24 bits per heavy atom. The molecule has 1 saturated heterocycles. The number of ether oxygens (including phenoxy) is 1. The summed E-state index contributed by atoms with van der Waals surface area (Å²) in [4.78, 5) is 6.44. The Morgan fingerprint density at radius 3 is 2.95 bits per heavy atom. The van der Waals surface area contributed by atoms with Gasteiger partial charge in [0.1, 0.15) is 16.9 Å². The predicted octanol–water partition coefficient (Wildman–Crippen LogP) is 2.39. The maximum Gasteiger partial charge on any atom is 0.123 e. The molecule has 1 aliphatic rings. The molecule has 0 unspecified atom stereocenters. The molecule has 2 atom stereocenters. The van der Waals surface area contributed by atoms with Crippen LogP contribution in [0.2, 0.25) is 0 Å². The Morgan fingerprint density at radius 1 is 1.43 bits per heavy atom. The lowest BCUT2D eigenvalue weighted by Crippen LogP contribution is -2.40. The van der Waals surface area contributed by atoms with E-state index in [9.17, 15) is 9.50 Å². The predicted molar refractivity (Wildman–Crippen MR) is 78.6 cm³/mol. The van der Waals surface area contributed by atoms with Gasteiger partial charge in [-0.05, 0) is 17.7 Å². The summed E-state index contributed by atoms with van der Waals surface area (Å²) in [5, 5.41) is 13.2. The minimum atomic E-state index is -0.624. The number of hydrogen-bond acceptors (Lipinski definition) is 5. The highest BCUT2D eigenvalue weighted by molar-refractivity contribution is 7.09. The summed E-state index contributed by atoms with van der Waals surface area (Å²) in [5.41, 5.74) is 0.730. The first-order valence-corrected chi connectivity index (χ1v) is 7.77. The lowest BCUT2D eigenvalue weighted by atomic mass is 10.1. The van der Waals surface area contributed by atoms with E-state index in [-0.39, 0.29) is 11.9 Å². The Bertz CT molecular complexity index is 562. The molecule has 3 rings (SSSR count). The molecule has 6 heteroatoms. The molecular weight excluding hydrogens is 291 g/mol. The van der Waals surface area contributed by atoms with Gasteiger partial charge in [-0.1, -0.05) is 12.1 Å². The van der Waals surface area contributed by atoms with Crippen LogP contribution in [0, 0.1) is 5.82 Å². The molecule has 1 aliphatic heterocycles. The number of aromatic nitrogens is 1. The summed E-state index contributed by atoms with van der Waals surface area (Å²) >= 11 is 1.58. The average Bonchev–Trinajstić information content (AvgIpc) is 3.02. The van der Waals surface area contributed by atoms with Crippen molar-refractivity contribution < 1.29 is 14.2 Å². The van der Waals surface area contributed by atoms with Crippen LogP contribution in [0.4, 0.5) is 4.39 Å². The number of rotatable bonds is 4. The molecule has 0 saturated carbocycles. The Balaban J connectivity index is 1.60. The lowest BCUT2D eigenvalue weighted by molar-refractivity contribution is -0.0424. The molecule has 21 heavy (non-hydrogen) atoms. The zero-order chi connectivity index (χ0) is 14.7. The van der Waals surface area contributed by atoms with Gasteiger partial charge < -0.3 is 9.84 Å². The molecule has 0 radical (unpaired) electrons. The van der Waals surface area contributed by atoms with Crippen LogP contribution in [-0.4, -0.2) is 41.2 Å². The largest absolute Gasteiger partial charge is 0.387 e. The lowest BCUT2D eigenvalue weighted by Gasteiger charge is -2.33. The van der Waals surface area contributed by atoms with Gasteiger partial charge in [0.15, 0.2) is 0 Å². The van der Waals surface area contributed by atoms with Gasteiger partial charge in [0.05, 0.1) is 12.7 Å². The Hall–Kier alpha value is -1.34. The van der Waals surface area contributed by atoms with Crippen LogP contribution < -0.4 is 0 Å². The SMILES string of the molecule is O[C@@H](CN1CCO[C@H](c2nccs2)C1)c1ccc(F)cc1. The van der Waals surface area contributed by atoms with E-state index in [1.807, 2.05) is 5.38 Å². The maximum atomic E-state index is 12.9. The highest BCUT2D eigenvalue weighted by atomic mass is 32.1. The standard InChI is InChI=1S/C15H17FN2O2S/c16-12-3-1-11(2-4-12)13(19)9-18-6-7-20-14(10-18)15-17-5-8-21-15/h1-5,8,13-14,19H,6-7,9-10H2/t13-,14-/m0/s1. The van der Waals surface area contributed by atoms with E-state index in [1.54, 1.807) is 29.7 Å². The molecule has 1 fully saturated rings. The zero-order valence-electron chi connectivity index (χ0n) is 11.5. The van der Waals surface area contributed by atoms with E-state index in [0.29, 0.717) is 19.7 Å². The van der Waals surface area contributed by atoms with Crippen LogP contribution >= 0.6 is 11.3 Å². The van der Waals surface area contributed by atoms with Gasteiger partial charge in [-0.15, -0.1) is 11.3 Å². The number of aliphatic hydroxyl groups excluding tert-OH is 1. The van der Waals surface area contributed by atoms with E-state index < -0.39 is 6.10 Å². The first-order valence-electron chi connectivity index (χ1n) is 6.89. The monoisotopic (exact) mass is 308 g/mol.